The van der Waals surface area contributed by atoms with Crippen molar-refractivity contribution in [1.82, 2.24) is 0 Å². The lowest BCUT2D eigenvalue weighted by atomic mass is 9.93. The van der Waals surface area contributed by atoms with Crippen LogP contribution in [-0.2, 0) is 5.60 Å². The molecule has 1 unspecified atom stereocenters. The van der Waals surface area contributed by atoms with Crippen LogP contribution in [0.25, 0.3) is 0 Å². The molecule has 2 rings (SSSR count). The molecule has 0 radical (unpaired) electrons. The maximum atomic E-state index is 13.8. The Morgan fingerprint density at radius 3 is 2.44 bits per heavy atom. The fourth-order valence-electron chi connectivity index (χ4n) is 1.79. The van der Waals surface area contributed by atoms with Crippen LogP contribution >= 0.6 is 22.9 Å². The molecule has 1 atom stereocenters. The number of rotatable bonds is 2. The van der Waals surface area contributed by atoms with E-state index in [-0.39, 0.29) is 10.6 Å². The average molecular weight is 289 g/mol. The highest BCUT2D eigenvalue weighted by Crippen LogP contribution is 2.39. The van der Waals surface area contributed by atoms with Gasteiger partial charge in [0.1, 0.15) is 5.60 Å². The number of aryl methyl sites for hydroxylation is 1. The summed E-state index contributed by atoms with van der Waals surface area (Å²) in [6.07, 6.45) is 0. The molecule has 96 valence electrons. The molecule has 0 aliphatic carbocycles. The summed E-state index contributed by atoms with van der Waals surface area (Å²) in [5, 5.41) is 10.5. The van der Waals surface area contributed by atoms with Crippen molar-refractivity contribution < 1.29 is 13.9 Å². The first kappa shape index (κ1) is 13.5. The molecule has 1 aromatic carbocycles. The van der Waals surface area contributed by atoms with Gasteiger partial charge < -0.3 is 5.11 Å². The summed E-state index contributed by atoms with van der Waals surface area (Å²) >= 11 is 7.20. The minimum Gasteiger partial charge on any atom is -0.380 e. The highest BCUT2D eigenvalue weighted by molar-refractivity contribution is 7.12. The lowest BCUT2D eigenvalue weighted by Gasteiger charge is -2.24. The highest BCUT2D eigenvalue weighted by Gasteiger charge is 2.33. The van der Waals surface area contributed by atoms with E-state index in [1.165, 1.54) is 24.3 Å². The summed E-state index contributed by atoms with van der Waals surface area (Å²) in [5.41, 5.74) is -1.88. The SMILES string of the molecule is Cc1ccc(C(C)(O)c2c(Cl)ccc(F)c2F)s1. The Labute approximate surface area is 113 Å². The van der Waals surface area contributed by atoms with Gasteiger partial charge in [0, 0.05) is 15.3 Å². The number of hydrogen-bond donors (Lipinski definition) is 1. The Morgan fingerprint density at radius 2 is 1.89 bits per heavy atom. The third kappa shape index (κ3) is 2.16. The largest absolute Gasteiger partial charge is 0.380 e. The molecule has 0 bridgehead atoms. The predicted molar refractivity (Wildman–Crippen MR) is 69.1 cm³/mol. The first-order valence-electron chi connectivity index (χ1n) is 5.27. The number of hydrogen-bond acceptors (Lipinski definition) is 2. The second kappa shape index (κ2) is 4.61. The van der Waals surface area contributed by atoms with E-state index in [9.17, 15) is 13.9 Å². The zero-order valence-electron chi connectivity index (χ0n) is 9.80. The van der Waals surface area contributed by atoms with Crippen LogP contribution in [0.5, 0.6) is 0 Å². The van der Waals surface area contributed by atoms with Gasteiger partial charge in [-0.05, 0) is 38.1 Å². The van der Waals surface area contributed by atoms with Crippen molar-refractivity contribution in [2.75, 3.05) is 0 Å². The van der Waals surface area contributed by atoms with Crippen molar-refractivity contribution in [2.24, 2.45) is 0 Å². The molecule has 0 saturated heterocycles. The lowest BCUT2D eigenvalue weighted by Crippen LogP contribution is -2.24. The van der Waals surface area contributed by atoms with E-state index in [2.05, 4.69) is 0 Å². The molecule has 18 heavy (non-hydrogen) atoms. The van der Waals surface area contributed by atoms with Crippen LogP contribution in [0.1, 0.15) is 22.2 Å². The highest BCUT2D eigenvalue weighted by atomic mass is 35.5. The van der Waals surface area contributed by atoms with Gasteiger partial charge in [-0.15, -0.1) is 11.3 Å². The zero-order valence-corrected chi connectivity index (χ0v) is 11.4. The van der Waals surface area contributed by atoms with Crippen molar-refractivity contribution in [3.63, 3.8) is 0 Å². The second-order valence-electron chi connectivity index (χ2n) is 4.20. The average Bonchev–Trinajstić information content (AvgIpc) is 2.71. The molecule has 1 aromatic heterocycles. The molecule has 0 aliphatic heterocycles. The standard InChI is InChI=1S/C13H11ClF2OS/c1-7-3-6-10(18-7)13(2,17)11-8(14)4-5-9(15)12(11)16/h3-6,17H,1-2H3. The number of aliphatic hydroxyl groups is 1. The first-order valence-corrected chi connectivity index (χ1v) is 6.46. The maximum Gasteiger partial charge on any atom is 0.166 e. The summed E-state index contributed by atoms with van der Waals surface area (Å²) in [5.74, 6) is -2.14. The molecule has 5 heteroatoms. The molecule has 0 aliphatic rings. The summed E-state index contributed by atoms with van der Waals surface area (Å²) in [7, 11) is 0. The van der Waals surface area contributed by atoms with Gasteiger partial charge in [-0.3, -0.25) is 0 Å². The summed E-state index contributed by atoms with van der Waals surface area (Å²) in [6.45, 7) is 3.27. The number of thiophene rings is 1. The Kier molecular flexibility index (Phi) is 3.45. The molecular weight excluding hydrogens is 278 g/mol. The monoisotopic (exact) mass is 288 g/mol. The number of benzene rings is 1. The maximum absolute atomic E-state index is 13.8. The van der Waals surface area contributed by atoms with E-state index in [1.807, 2.05) is 6.92 Å². The summed E-state index contributed by atoms with van der Waals surface area (Å²) in [4.78, 5) is 1.49. The van der Waals surface area contributed by atoms with Crippen LogP contribution in [0.2, 0.25) is 5.02 Å². The molecule has 1 nitrogen and oxygen atoms in total. The van der Waals surface area contributed by atoms with Crippen molar-refractivity contribution in [2.45, 2.75) is 19.4 Å². The third-order valence-corrected chi connectivity index (χ3v) is 4.28. The van der Waals surface area contributed by atoms with Crippen LogP contribution in [0.4, 0.5) is 8.78 Å². The predicted octanol–water partition coefficient (Wildman–Crippen LogP) is 4.24. The molecule has 0 saturated carbocycles. The minimum absolute atomic E-state index is 0.00459. The van der Waals surface area contributed by atoms with Crippen LogP contribution in [-0.4, -0.2) is 5.11 Å². The second-order valence-corrected chi connectivity index (χ2v) is 5.90. The van der Waals surface area contributed by atoms with E-state index in [0.29, 0.717) is 4.88 Å². The third-order valence-electron chi connectivity index (χ3n) is 2.75. The van der Waals surface area contributed by atoms with E-state index in [0.717, 1.165) is 10.9 Å². The van der Waals surface area contributed by atoms with Gasteiger partial charge in [-0.2, -0.15) is 0 Å². The van der Waals surface area contributed by atoms with Gasteiger partial charge in [0.2, 0.25) is 0 Å². The summed E-state index contributed by atoms with van der Waals surface area (Å²) < 4.78 is 27.1. The topological polar surface area (TPSA) is 20.2 Å². The van der Waals surface area contributed by atoms with E-state index in [4.69, 9.17) is 11.6 Å². The van der Waals surface area contributed by atoms with Crippen molar-refractivity contribution in [1.29, 1.82) is 0 Å². The van der Waals surface area contributed by atoms with E-state index in [1.54, 1.807) is 12.1 Å². The van der Waals surface area contributed by atoms with Crippen LogP contribution in [0.15, 0.2) is 24.3 Å². The Morgan fingerprint density at radius 1 is 1.22 bits per heavy atom. The van der Waals surface area contributed by atoms with E-state index < -0.39 is 17.2 Å². The van der Waals surface area contributed by atoms with Crippen LogP contribution in [0, 0.1) is 18.6 Å². The van der Waals surface area contributed by atoms with Gasteiger partial charge in [0.15, 0.2) is 11.6 Å². The molecule has 0 spiro atoms. The molecule has 1 N–H and O–H groups in total. The lowest BCUT2D eigenvalue weighted by molar-refractivity contribution is 0.101. The Bertz CT molecular complexity index is 593. The number of halogens is 3. The Hall–Kier alpha value is -0.970. The van der Waals surface area contributed by atoms with Gasteiger partial charge in [0.25, 0.3) is 0 Å². The minimum atomic E-state index is -1.65. The summed E-state index contributed by atoms with van der Waals surface area (Å²) in [6, 6.07) is 5.67. The fourth-order valence-corrected chi connectivity index (χ4v) is 3.04. The normalized spacial score (nSPS) is 14.6. The van der Waals surface area contributed by atoms with Crippen LogP contribution in [0.3, 0.4) is 0 Å². The molecule has 0 amide bonds. The Balaban J connectivity index is 2.64. The van der Waals surface area contributed by atoms with Gasteiger partial charge >= 0.3 is 0 Å². The van der Waals surface area contributed by atoms with Crippen molar-refractivity contribution >= 4 is 22.9 Å². The van der Waals surface area contributed by atoms with E-state index >= 15 is 0 Å². The van der Waals surface area contributed by atoms with Gasteiger partial charge in [0.05, 0.1) is 5.02 Å². The zero-order chi connectivity index (χ0) is 13.5. The van der Waals surface area contributed by atoms with Crippen LogP contribution < -0.4 is 0 Å². The molecule has 2 aromatic rings. The van der Waals surface area contributed by atoms with Crippen molar-refractivity contribution in [3.8, 4) is 0 Å². The van der Waals surface area contributed by atoms with Gasteiger partial charge in [-0.25, -0.2) is 8.78 Å². The first-order chi connectivity index (χ1) is 8.34. The smallest absolute Gasteiger partial charge is 0.166 e. The fraction of sp³-hybridized carbons (Fsp3) is 0.231. The van der Waals surface area contributed by atoms with Gasteiger partial charge in [-0.1, -0.05) is 11.6 Å². The quantitative estimate of drug-likeness (QED) is 0.819. The molecule has 0 fully saturated rings. The van der Waals surface area contributed by atoms with Crippen molar-refractivity contribution in [3.05, 3.63) is 56.2 Å². The molecular formula is C13H11ClF2OS. The molecule has 1 heterocycles.